The molecule has 1 rings (SSSR count). The molecule has 0 spiro atoms. The lowest BCUT2D eigenvalue weighted by Gasteiger charge is -2.02. The standard InChI is InChI=1S/C11H11NO5/c13-7-2-1-4-8-9(11(14)15)5-3-6-10(8)12(16)17/h1,3-6,13H,2,7H2,(H,14,15). The quantitative estimate of drug-likeness (QED) is 0.599. The Balaban J connectivity index is 3.28. The van der Waals surface area contributed by atoms with Crippen LogP contribution in [0, 0.1) is 10.1 Å². The Hall–Kier alpha value is -2.21. The van der Waals surface area contributed by atoms with Crippen molar-refractivity contribution >= 4 is 17.7 Å². The molecule has 1 aromatic carbocycles. The van der Waals surface area contributed by atoms with Crippen LogP contribution in [0.2, 0.25) is 0 Å². The summed E-state index contributed by atoms with van der Waals surface area (Å²) in [7, 11) is 0. The van der Waals surface area contributed by atoms with Crippen molar-refractivity contribution in [1.82, 2.24) is 0 Å². The van der Waals surface area contributed by atoms with Gasteiger partial charge in [0.15, 0.2) is 0 Å². The van der Waals surface area contributed by atoms with E-state index >= 15 is 0 Å². The lowest BCUT2D eigenvalue weighted by molar-refractivity contribution is -0.385. The zero-order valence-electron chi connectivity index (χ0n) is 8.87. The van der Waals surface area contributed by atoms with Crippen LogP contribution in [0.4, 0.5) is 5.69 Å². The smallest absolute Gasteiger partial charge is 0.336 e. The predicted octanol–water partition coefficient (Wildman–Crippen LogP) is 1.69. The predicted molar refractivity (Wildman–Crippen MR) is 60.8 cm³/mol. The number of hydrogen-bond donors (Lipinski definition) is 2. The van der Waals surface area contributed by atoms with E-state index in [0.29, 0.717) is 6.42 Å². The third-order valence-corrected chi connectivity index (χ3v) is 2.09. The molecule has 0 aliphatic heterocycles. The van der Waals surface area contributed by atoms with Crippen molar-refractivity contribution < 1.29 is 19.9 Å². The number of carboxylic acid groups (broad SMARTS) is 1. The monoisotopic (exact) mass is 237 g/mol. The molecule has 0 fully saturated rings. The highest BCUT2D eigenvalue weighted by Crippen LogP contribution is 2.24. The molecule has 6 heteroatoms. The number of carbonyl (C=O) groups is 1. The second kappa shape index (κ2) is 5.76. The molecule has 0 aliphatic rings. The van der Waals surface area contributed by atoms with Gasteiger partial charge >= 0.3 is 5.97 Å². The highest BCUT2D eigenvalue weighted by atomic mass is 16.6. The molecule has 0 unspecified atom stereocenters. The van der Waals surface area contributed by atoms with E-state index in [4.69, 9.17) is 10.2 Å². The molecule has 0 radical (unpaired) electrons. The molecule has 0 heterocycles. The molecule has 0 bridgehead atoms. The van der Waals surface area contributed by atoms with Crippen molar-refractivity contribution in [2.45, 2.75) is 6.42 Å². The van der Waals surface area contributed by atoms with E-state index in [1.165, 1.54) is 30.4 Å². The molecule has 0 amide bonds. The Morgan fingerprint density at radius 2 is 2.18 bits per heavy atom. The number of rotatable bonds is 5. The molecule has 1 aromatic rings. The first kappa shape index (κ1) is 12.9. The van der Waals surface area contributed by atoms with Gasteiger partial charge in [-0.3, -0.25) is 10.1 Å². The van der Waals surface area contributed by atoms with Gasteiger partial charge < -0.3 is 10.2 Å². The van der Waals surface area contributed by atoms with Crippen LogP contribution in [0.5, 0.6) is 0 Å². The molecular formula is C11H11NO5. The van der Waals surface area contributed by atoms with Crippen LogP contribution < -0.4 is 0 Å². The molecule has 90 valence electrons. The average molecular weight is 237 g/mol. The van der Waals surface area contributed by atoms with Crippen LogP contribution in [0.15, 0.2) is 24.3 Å². The molecule has 0 atom stereocenters. The Kier molecular flexibility index (Phi) is 4.36. The third-order valence-electron chi connectivity index (χ3n) is 2.09. The van der Waals surface area contributed by atoms with Gasteiger partial charge in [0.2, 0.25) is 0 Å². The number of aliphatic hydroxyl groups excluding tert-OH is 1. The summed E-state index contributed by atoms with van der Waals surface area (Å²) in [6.45, 7) is -0.0977. The van der Waals surface area contributed by atoms with E-state index < -0.39 is 10.9 Å². The molecule has 0 aliphatic carbocycles. The minimum absolute atomic E-state index is 0.0402. The van der Waals surface area contributed by atoms with Crippen LogP contribution in [-0.2, 0) is 0 Å². The van der Waals surface area contributed by atoms with Gasteiger partial charge in [-0.25, -0.2) is 4.79 Å². The highest BCUT2D eigenvalue weighted by Gasteiger charge is 2.18. The molecular weight excluding hydrogens is 226 g/mol. The molecule has 6 nitrogen and oxygen atoms in total. The number of nitro benzene ring substituents is 1. The largest absolute Gasteiger partial charge is 0.478 e. The summed E-state index contributed by atoms with van der Waals surface area (Å²) >= 11 is 0. The van der Waals surface area contributed by atoms with Crippen LogP contribution in [0.1, 0.15) is 22.3 Å². The second-order valence-electron chi connectivity index (χ2n) is 3.22. The van der Waals surface area contributed by atoms with Crippen molar-refractivity contribution in [2.24, 2.45) is 0 Å². The SMILES string of the molecule is O=C(O)c1cccc([N+](=O)[O-])c1C=CCCO. The number of nitro groups is 1. The summed E-state index contributed by atoms with van der Waals surface area (Å²) < 4.78 is 0. The van der Waals surface area contributed by atoms with E-state index in [-0.39, 0.29) is 23.4 Å². The van der Waals surface area contributed by atoms with Crippen molar-refractivity contribution in [3.63, 3.8) is 0 Å². The Morgan fingerprint density at radius 1 is 1.47 bits per heavy atom. The van der Waals surface area contributed by atoms with Crippen LogP contribution in [0.3, 0.4) is 0 Å². The molecule has 2 N–H and O–H groups in total. The maximum atomic E-state index is 10.9. The molecule has 0 saturated carbocycles. The Labute approximate surface area is 97.0 Å². The summed E-state index contributed by atoms with van der Waals surface area (Å²) in [5, 5.41) is 28.3. The number of nitrogens with zero attached hydrogens (tertiary/aromatic N) is 1. The topological polar surface area (TPSA) is 101 Å². The number of aromatic carboxylic acids is 1. The fourth-order valence-electron chi connectivity index (χ4n) is 1.35. The highest BCUT2D eigenvalue weighted by molar-refractivity contribution is 5.94. The zero-order valence-corrected chi connectivity index (χ0v) is 8.87. The maximum Gasteiger partial charge on any atom is 0.336 e. The van der Waals surface area contributed by atoms with Gasteiger partial charge in [-0.2, -0.15) is 0 Å². The lowest BCUT2D eigenvalue weighted by Crippen LogP contribution is -2.02. The maximum absolute atomic E-state index is 10.9. The fraction of sp³-hybridized carbons (Fsp3) is 0.182. The lowest BCUT2D eigenvalue weighted by atomic mass is 10.0. The average Bonchev–Trinajstić information content (AvgIpc) is 2.28. The molecule has 17 heavy (non-hydrogen) atoms. The van der Waals surface area contributed by atoms with Crippen molar-refractivity contribution in [3.05, 3.63) is 45.5 Å². The van der Waals surface area contributed by atoms with E-state index in [9.17, 15) is 14.9 Å². The Morgan fingerprint density at radius 3 is 2.71 bits per heavy atom. The van der Waals surface area contributed by atoms with E-state index in [1.54, 1.807) is 0 Å². The van der Waals surface area contributed by atoms with Gasteiger partial charge in [0.05, 0.1) is 16.1 Å². The molecule has 0 aromatic heterocycles. The van der Waals surface area contributed by atoms with Crippen LogP contribution in [-0.4, -0.2) is 27.7 Å². The van der Waals surface area contributed by atoms with Crippen molar-refractivity contribution in [1.29, 1.82) is 0 Å². The number of carboxylic acids is 1. The third kappa shape index (κ3) is 3.12. The summed E-state index contributed by atoms with van der Waals surface area (Å²) in [5.41, 5.74) is -0.356. The van der Waals surface area contributed by atoms with Crippen molar-refractivity contribution in [3.8, 4) is 0 Å². The first-order chi connectivity index (χ1) is 8.07. The van der Waals surface area contributed by atoms with E-state index in [0.717, 1.165) is 0 Å². The first-order valence-corrected chi connectivity index (χ1v) is 4.86. The fourth-order valence-corrected chi connectivity index (χ4v) is 1.35. The van der Waals surface area contributed by atoms with Crippen LogP contribution >= 0.6 is 0 Å². The minimum atomic E-state index is -1.22. The normalized spacial score (nSPS) is 10.6. The summed E-state index contributed by atoms with van der Waals surface area (Å²) in [5.74, 6) is -1.22. The van der Waals surface area contributed by atoms with Crippen molar-refractivity contribution in [2.75, 3.05) is 6.61 Å². The van der Waals surface area contributed by atoms with Gasteiger partial charge in [0.1, 0.15) is 0 Å². The second-order valence-corrected chi connectivity index (χ2v) is 3.22. The van der Waals surface area contributed by atoms with Gasteiger partial charge in [-0.1, -0.05) is 18.2 Å². The Bertz CT molecular complexity index is 435. The van der Waals surface area contributed by atoms with Gasteiger partial charge in [-0.05, 0) is 12.5 Å². The number of hydrogen-bond acceptors (Lipinski definition) is 4. The summed E-state index contributed by atoms with van der Waals surface area (Å²) in [6, 6.07) is 3.87. The molecule has 0 saturated heterocycles. The number of aliphatic hydroxyl groups is 1. The number of benzene rings is 1. The zero-order chi connectivity index (χ0) is 12.8. The van der Waals surface area contributed by atoms with Gasteiger partial charge in [0, 0.05) is 12.7 Å². The van der Waals surface area contributed by atoms with E-state index in [1.807, 2.05) is 0 Å². The minimum Gasteiger partial charge on any atom is -0.478 e. The summed E-state index contributed by atoms with van der Waals surface area (Å²) in [4.78, 5) is 21.0. The van der Waals surface area contributed by atoms with E-state index in [2.05, 4.69) is 0 Å². The van der Waals surface area contributed by atoms with Gasteiger partial charge in [-0.15, -0.1) is 0 Å². The summed E-state index contributed by atoms with van der Waals surface area (Å²) in [6.07, 6.45) is 3.15. The first-order valence-electron chi connectivity index (χ1n) is 4.86. The van der Waals surface area contributed by atoms with Gasteiger partial charge in [0.25, 0.3) is 5.69 Å². The van der Waals surface area contributed by atoms with Crippen LogP contribution in [0.25, 0.3) is 6.08 Å².